The van der Waals surface area contributed by atoms with Crippen molar-refractivity contribution < 1.29 is 14.3 Å². The first-order valence-electron chi connectivity index (χ1n) is 8.76. The summed E-state index contributed by atoms with van der Waals surface area (Å²) in [5, 5.41) is 3.39. The Morgan fingerprint density at radius 1 is 1.04 bits per heavy atom. The minimum atomic E-state index is -0.283. The third-order valence-corrected chi connectivity index (χ3v) is 3.79. The minimum Gasteiger partial charge on any atom is -0.490 e. The van der Waals surface area contributed by atoms with Gasteiger partial charge in [-0.15, -0.1) is 0 Å². The van der Waals surface area contributed by atoms with Crippen LogP contribution < -0.4 is 25.6 Å². The number of carbonyl (C=O) groups is 1. The van der Waals surface area contributed by atoms with Gasteiger partial charge in [-0.05, 0) is 62.3 Å². The van der Waals surface area contributed by atoms with Crippen molar-refractivity contribution in [3.63, 3.8) is 0 Å². The highest BCUT2D eigenvalue weighted by Gasteiger charge is 2.07. The number of hydrazine groups is 1. The zero-order chi connectivity index (χ0) is 19.5. The SMILES string of the molecule is CCOc1ccc(CCNC(=S)NNC(=O)c2ccncc2)cc1OCC. The number of thiocarbonyl (C=S) groups is 1. The van der Waals surface area contributed by atoms with Crippen molar-refractivity contribution in [3.8, 4) is 11.5 Å². The van der Waals surface area contributed by atoms with Crippen molar-refractivity contribution in [2.75, 3.05) is 19.8 Å². The van der Waals surface area contributed by atoms with Gasteiger partial charge in [-0.1, -0.05) is 6.07 Å². The zero-order valence-electron chi connectivity index (χ0n) is 15.5. The van der Waals surface area contributed by atoms with Crippen LogP contribution in [0, 0.1) is 0 Å². The molecule has 0 fully saturated rings. The largest absolute Gasteiger partial charge is 0.490 e. The molecular weight excluding hydrogens is 364 g/mol. The summed E-state index contributed by atoms with van der Waals surface area (Å²) in [6, 6.07) is 9.12. The second-order valence-corrected chi connectivity index (χ2v) is 5.88. The summed E-state index contributed by atoms with van der Waals surface area (Å²) < 4.78 is 11.2. The van der Waals surface area contributed by atoms with Crippen LogP contribution in [0.25, 0.3) is 0 Å². The lowest BCUT2D eigenvalue weighted by Crippen LogP contribution is -2.47. The molecule has 3 N–H and O–H groups in total. The molecular formula is C19H24N4O3S. The molecule has 1 heterocycles. The van der Waals surface area contributed by atoms with E-state index in [1.165, 1.54) is 0 Å². The minimum absolute atomic E-state index is 0.283. The van der Waals surface area contributed by atoms with Gasteiger partial charge in [0.05, 0.1) is 13.2 Å². The van der Waals surface area contributed by atoms with E-state index in [1.807, 2.05) is 32.0 Å². The fourth-order valence-corrected chi connectivity index (χ4v) is 2.46. The van der Waals surface area contributed by atoms with Gasteiger partial charge in [0.25, 0.3) is 5.91 Å². The Balaban J connectivity index is 1.77. The van der Waals surface area contributed by atoms with Gasteiger partial charge in [0.1, 0.15) is 0 Å². The van der Waals surface area contributed by atoms with Gasteiger partial charge in [-0.2, -0.15) is 0 Å². The number of hydrogen-bond acceptors (Lipinski definition) is 5. The maximum atomic E-state index is 11.9. The third-order valence-electron chi connectivity index (χ3n) is 3.54. The van der Waals surface area contributed by atoms with E-state index in [1.54, 1.807) is 24.5 Å². The second kappa shape index (κ2) is 11.0. The molecule has 0 atom stereocenters. The van der Waals surface area contributed by atoms with E-state index in [0.29, 0.717) is 30.4 Å². The van der Waals surface area contributed by atoms with E-state index < -0.39 is 0 Å². The van der Waals surface area contributed by atoms with E-state index >= 15 is 0 Å². The monoisotopic (exact) mass is 388 g/mol. The van der Waals surface area contributed by atoms with Gasteiger partial charge in [0.2, 0.25) is 0 Å². The van der Waals surface area contributed by atoms with Crippen LogP contribution in [0.1, 0.15) is 29.8 Å². The van der Waals surface area contributed by atoms with Crippen LogP contribution >= 0.6 is 12.2 Å². The highest BCUT2D eigenvalue weighted by atomic mass is 32.1. The lowest BCUT2D eigenvalue weighted by Gasteiger charge is -2.14. The van der Waals surface area contributed by atoms with Crippen LogP contribution in [0.3, 0.4) is 0 Å². The summed E-state index contributed by atoms with van der Waals surface area (Å²) >= 11 is 5.17. The van der Waals surface area contributed by atoms with Crippen molar-refractivity contribution in [1.82, 2.24) is 21.2 Å². The molecule has 7 nitrogen and oxygen atoms in total. The van der Waals surface area contributed by atoms with Crippen molar-refractivity contribution in [3.05, 3.63) is 53.9 Å². The summed E-state index contributed by atoms with van der Waals surface area (Å²) in [6.07, 6.45) is 3.85. The van der Waals surface area contributed by atoms with Crippen LogP contribution in [-0.2, 0) is 6.42 Å². The highest BCUT2D eigenvalue weighted by molar-refractivity contribution is 7.80. The number of rotatable bonds is 8. The first kappa shape index (κ1) is 20.4. The topological polar surface area (TPSA) is 84.5 Å². The van der Waals surface area contributed by atoms with Crippen molar-refractivity contribution in [1.29, 1.82) is 0 Å². The Morgan fingerprint density at radius 2 is 1.74 bits per heavy atom. The summed E-state index contributed by atoms with van der Waals surface area (Å²) in [4.78, 5) is 15.8. The first-order valence-corrected chi connectivity index (χ1v) is 9.17. The standard InChI is InChI=1S/C19H24N4O3S/c1-3-25-16-6-5-14(13-17(16)26-4-2)7-12-21-19(27)23-22-18(24)15-8-10-20-11-9-15/h5-6,8-11,13H,3-4,7,12H2,1-2H3,(H,22,24)(H2,21,23,27). The number of carbonyl (C=O) groups excluding carboxylic acids is 1. The van der Waals surface area contributed by atoms with Crippen molar-refractivity contribution in [2.45, 2.75) is 20.3 Å². The summed E-state index contributed by atoms with van der Waals surface area (Å²) in [5.41, 5.74) is 6.81. The number of nitrogens with zero attached hydrogens (tertiary/aromatic N) is 1. The molecule has 0 saturated carbocycles. The van der Waals surface area contributed by atoms with Gasteiger partial charge in [0.15, 0.2) is 16.6 Å². The van der Waals surface area contributed by atoms with E-state index in [-0.39, 0.29) is 5.91 Å². The molecule has 2 rings (SSSR count). The average Bonchev–Trinajstić information content (AvgIpc) is 2.69. The zero-order valence-corrected chi connectivity index (χ0v) is 16.3. The molecule has 0 spiro atoms. The number of hydrogen-bond donors (Lipinski definition) is 3. The molecule has 1 aromatic heterocycles. The molecule has 8 heteroatoms. The molecule has 2 aromatic rings. The Labute approximate surface area is 164 Å². The summed E-state index contributed by atoms with van der Waals surface area (Å²) in [7, 11) is 0. The first-order chi connectivity index (χ1) is 13.1. The molecule has 0 unspecified atom stereocenters. The molecule has 0 aliphatic heterocycles. The molecule has 144 valence electrons. The Kier molecular flexibility index (Phi) is 8.31. The average molecular weight is 388 g/mol. The number of nitrogens with one attached hydrogen (secondary N) is 3. The highest BCUT2D eigenvalue weighted by Crippen LogP contribution is 2.28. The predicted molar refractivity (Wildman–Crippen MR) is 108 cm³/mol. The third kappa shape index (κ3) is 6.74. The predicted octanol–water partition coefficient (Wildman–Crippen LogP) is 2.23. The van der Waals surface area contributed by atoms with E-state index in [9.17, 15) is 4.79 Å². The van der Waals surface area contributed by atoms with Crippen LogP contribution in [0.2, 0.25) is 0 Å². The maximum absolute atomic E-state index is 11.9. The normalized spacial score (nSPS) is 10.0. The molecule has 1 amide bonds. The number of pyridine rings is 1. The quantitative estimate of drug-likeness (QED) is 0.472. The van der Waals surface area contributed by atoms with Gasteiger partial charge in [-0.25, -0.2) is 0 Å². The molecule has 1 aromatic carbocycles. The van der Waals surface area contributed by atoms with Gasteiger partial charge in [0, 0.05) is 24.5 Å². The van der Waals surface area contributed by atoms with Crippen LogP contribution in [0.5, 0.6) is 11.5 Å². The van der Waals surface area contributed by atoms with Gasteiger partial charge in [-0.3, -0.25) is 20.6 Å². The van der Waals surface area contributed by atoms with Crippen LogP contribution in [0.4, 0.5) is 0 Å². The summed E-state index contributed by atoms with van der Waals surface area (Å²) in [5.74, 6) is 1.20. The second-order valence-electron chi connectivity index (χ2n) is 5.47. The fourth-order valence-electron chi connectivity index (χ4n) is 2.30. The van der Waals surface area contributed by atoms with Crippen molar-refractivity contribution in [2.24, 2.45) is 0 Å². The lowest BCUT2D eigenvalue weighted by atomic mass is 10.1. The fraction of sp³-hybridized carbons (Fsp3) is 0.316. The van der Waals surface area contributed by atoms with E-state index in [2.05, 4.69) is 21.2 Å². The molecule has 27 heavy (non-hydrogen) atoms. The smallest absolute Gasteiger partial charge is 0.269 e. The Morgan fingerprint density at radius 3 is 2.44 bits per heavy atom. The molecule has 0 bridgehead atoms. The van der Waals surface area contributed by atoms with Gasteiger partial charge < -0.3 is 14.8 Å². The van der Waals surface area contributed by atoms with E-state index in [4.69, 9.17) is 21.7 Å². The van der Waals surface area contributed by atoms with Crippen LogP contribution in [-0.4, -0.2) is 35.8 Å². The number of ether oxygens (including phenoxy) is 2. The molecule has 0 aliphatic carbocycles. The molecule has 0 radical (unpaired) electrons. The molecule has 0 aliphatic rings. The number of amides is 1. The lowest BCUT2D eigenvalue weighted by molar-refractivity contribution is 0.0943. The number of aromatic nitrogens is 1. The van der Waals surface area contributed by atoms with Gasteiger partial charge >= 0.3 is 0 Å². The maximum Gasteiger partial charge on any atom is 0.269 e. The summed E-state index contributed by atoms with van der Waals surface area (Å²) in [6.45, 7) is 5.65. The Bertz CT molecular complexity index is 756. The molecule has 0 saturated heterocycles. The van der Waals surface area contributed by atoms with Crippen molar-refractivity contribution >= 4 is 23.2 Å². The number of benzene rings is 1. The van der Waals surface area contributed by atoms with Crippen LogP contribution in [0.15, 0.2) is 42.7 Å². The Hall–Kier alpha value is -2.87. The van der Waals surface area contributed by atoms with E-state index in [0.717, 1.165) is 23.5 Å².